The van der Waals surface area contributed by atoms with Crippen LogP contribution in [-0.2, 0) is 27.3 Å². The summed E-state index contributed by atoms with van der Waals surface area (Å²) in [4.78, 5) is 47.1. The highest BCUT2D eigenvalue weighted by Gasteiger charge is 2.31. The molecule has 3 N–H and O–H groups in total. The van der Waals surface area contributed by atoms with Gasteiger partial charge in [-0.3, -0.25) is 4.79 Å². The third-order valence-corrected chi connectivity index (χ3v) is 4.35. The van der Waals surface area contributed by atoms with E-state index in [0.717, 1.165) is 11.3 Å². The zero-order valence-corrected chi connectivity index (χ0v) is 12.9. The molecule has 10 heteroatoms. The van der Waals surface area contributed by atoms with E-state index in [2.05, 4.69) is 5.32 Å². The van der Waals surface area contributed by atoms with Crippen molar-refractivity contribution in [3.05, 3.63) is 16.0 Å². The molecule has 1 aliphatic rings. The number of nitrogens with one attached hydrogen (secondary N) is 1. The fraction of sp³-hybridized carbons (Fsp3) is 0.385. The molecule has 124 valence electrons. The minimum absolute atomic E-state index is 0.0411. The van der Waals surface area contributed by atoms with Crippen molar-refractivity contribution in [2.75, 3.05) is 18.5 Å². The molecule has 0 atom stereocenters. The number of carboxylic acids is 2. The van der Waals surface area contributed by atoms with Crippen molar-refractivity contribution < 1.29 is 34.1 Å². The number of rotatable bonds is 3. The smallest absolute Gasteiger partial charge is 0.410 e. The number of aliphatic carboxylic acids is 1. The first-order valence-corrected chi connectivity index (χ1v) is 7.50. The minimum Gasteiger partial charge on any atom is -0.478 e. The van der Waals surface area contributed by atoms with Crippen LogP contribution in [0.3, 0.4) is 0 Å². The van der Waals surface area contributed by atoms with Gasteiger partial charge in [-0.2, -0.15) is 0 Å². The molecule has 9 nitrogen and oxygen atoms in total. The topological polar surface area (TPSA) is 133 Å². The number of ether oxygens (including phenoxy) is 1. The zero-order chi connectivity index (χ0) is 17.1. The zero-order valence-electron chi connectivity index (χ0n) is 12.1. The Kier molecular flexibility index (Phi) is 4.84. The van der Waals surface area contributed by atoms with Gasteiger partial charge in [0.05, 0.1) is 18.7 Å². The lowest BCUT2D eigenvalue weighted by atomic mass is 10.0. The molecule has 1 aliphatic heterocycles. The van der Waals surface area contributed by atoms with Crippen molar-refractivity contribution in [2.24, 2.45) is 0 Å². The van der Waals surface area contributed by atoms with Gasteiger partial charge in [0.1, 0.15) is 5.00 Å². The number of carbonyl (C=O) groups is 4. The number of hydrogen-bond donors (Lipinski definition) is 3. The fourth-order valence-electron chi connectivity index (χ4n) is 2.24. The van der Waals surface area contributed by atoms with Gasteiger partial charge in [-0.05, 0) is 18.9 Å². The third kappa shape index (κ3) is 3.42. The normalized spacial score (nSPS) is 13.2. The lowest BCUT2D eigenvalue weighted by Crippen LogP contribution is -2.36. The third-order valence-electron chi connectivity index (χ3n) is 3.22. The Labute approximate surface area is 134 Å². The highest BCUT2D eigenvalue weighted by Crippen LogP contribution is 2.37. The van der Waals surface area contributed by atoms with Crippen molar-refractivity contribution in [3.8, 4) is 0 Å². The Morgan fingerprint density at radius 1 is 1.30 bits per heavy atom. The summed E-state index contributed by atoms with van der Waals surface area (Å²) in [6.07, 6.45) is -0.213. The summed E-state index contributed by atoms with van der Waals surface area (Å²) in [6.45, 7) is 2.35. The van der Waals surface area contributed by atoms with Crippen LogP contribution in [0, 0.1) is 0 Å². The summed E-state index contributed by atoms with van der Waals surface area (Å²) in [5.41, 5.74) is 0.381. The van der Waals surface area contributed by atoms with Crippen LogP contribution in [0.1, 0.15) is 27.7 Å². The highest BCUT2D eigenvalue weighted by atomic mass is 32.1. The summed E-state index contributed by atoms with van der Waals surface area (Å²) in [5.74, 6) is -4.28. The molecule has 1 aromatic rings. The SMILES string of the molecule is CCOC(=O)N1CCc2c(sc(NC(=O)C(=O)O)c2C(=O)O)C1. The van der Waals surface area contributed by atoms with Crippen LogP contribution in [0.25, 0.3) is 0 Å². The molecule has 0 fully saturated rings. The van der Waals surface area contributed by atoms with E-state index in [4.69, 9.17) is 9.84 Å². The molecule has 2 rings (SSSR count). The van der Waals surface area contributed by atoms with E-state index in [1.165, 1.54) is 4.90 Å². The van der Waals surface area contributed by atoms with Gasteiger partial charge in [0.25, 0.3) is 0 Å². The van der Waals surface area contributed by atoms with Crippen molar-refractivity contribution >= 4 is 40.3 Å². The Morgan fingerprint density at radius 2 is 2.00 bits per heavy atom. The van der Waals surface area contributed by atoms with Crippen LogP contribution in [0.5, 0.6) is 0 Å². The molecule has 0 saturated carbocycles. The average molecular weight is 342 g/mol. The lowest BCUT2D eigenvalue weighted by Gasteiger charge is -2.26. The van der Waals surface area contributed by atoms with Gasteiger partial charge in [0, 0.05) is 11.4 Å². The molecule has 0 saturated heterocycles. The maximum absolute atomic E-state index is 11.7. The molecular weight excluding hydrogens is 328 g/mol. The van der Waals surface area contributed by atoms with Crippen molar-refractivity contribution in [1.82, 2.24) is 4.90 Å². The first-order valence-electron chi connectivity index (χ1n) is 6.69. The maximum Gasteiger partial charge on any atom is 0.410 e. The van der Waals surface area contributed by atoms with Crippen LogP contribution in [0.2, 0.25) is 0 Å². The van der Waals surface area contributed by atoms with Crippen molar-refractivity contribution in [1.29, 1.82) is 0 Å². The molecule has 0 unspecified atom stereocenters. The first kappa shape index (κ1) is 16.7. The summed E-state index contributed by atoms with van der Waals surface area (Å²) < 4.78 is 4.90. The molecule has 23 heavy (non-hydrogen) atoms. The Bertz CT molecular complexity index is 682. The number of hydrogen-bond acceptors (Lipinski definition) is 6. The van der Waals surface area contributed by atoms with Gasteiger partial charge in [-0.1, -0.05) is 0 Å². The average Bonchev–Trinajstić information content (AvgIpc) is 2.84. The standard InChI is InChI=1S/C13H14N2O7S/c1-2-22-13(21)15-4-3-6-7(5-15)23-10(8(6)11(17)18)14-9(16)12(19)20/h2-5H2,1H3,(H,14,16)(H,17,18)(H,19,20). The monoisotopic (exact) mass is 342 g/mol. The van der Waals surface area contributed by atoms with Crippen LogP contribution in [-0.4, -0.2) is 52.2 Å². The molecule has 0 bridgehead atoms. The quantitative estimate of drug-likeness (QED) is 0.697. The van der Waals surface area contributed by atoms with Gasteiger partial charge < -0.3 is 25.2 Å². The molecule has 0 aliphatic carbocycles. The van der Waals surface area contributed by atoms with Gasteiger partial charge in [0.2, 0.25) is 0 Å². The second kappa shape index (κ2) is 6.65. The van der Waals surface area contributed by atoms with Crippen LogP contribution < -0.4 is 5.32 Å². The van der Waals surface area contributed by atoms with E-state index in [9.17, 15) is 24.3 Å². The summed E-state index contributed by atoms with van der Waals surface area (Å²) >= 11 is 0.950. The number of nitrogens with zero attached hydrogens (tertiary/aromatic N) is 1. The molecule has 2 heterocycles. The van der Waals surface area contributed by atoms with Crippen LogP contribution >= 0.6 is 11.3 Å². The summed E-state index contributed by atoms with van der Waals surface area (Å²) in [7, 11) is 0. The van der Waals surface area contributed by atoms with Gasteiger partial charge in [-0.25, -0.2) is 14.4 Å². The van der Waals surface area contributed by atoms with E-state index in [1.54, 1.807) is 6.92 Å². The molecular formula is C13H14N2O7S. The number of carbonyl (C=O) groups excluding carboxylic acids is 2. The number of fused-ring (bicyclic) bond motifs is 1. The predicted octanol–water partition coefficient (Wildman–Crippen LogP) is 0.984. The Balaban J connectivity index is 2.31. The Hall–Kier alpha value is -2.62. The lowest BCUT2D eigenvalue weighted by molar-refractivity contribution is -0.147. The van der Waals surface area contributed by atoms with Gasteiger partial charge in [0.15, 0.2) is 0 Å². The van der Waals surface area contributed by atoms with Crippen LogP contribution in [0.4, 0.5) is 9.80 Å². The molecule has 0 aromatic carbocycles. The predicted molar refractivity (Wildman–Crippen MR) is 78.7 cm³/mol. The number of thiophene rings is 1. The molecule has 1 aromatic heterocycles. The Morgan fingerprint density at radius 3 is 2.57 bits per heavy atom. The van der Waals surface area contributed by atoms with E-state index in [0.29, 0.717) is 10.4 Å². The molecule has 0 spiro atoms. The van der Waals surface area contributed by atoms with E-state index < -0.39 is 23.9 Å². The van der Waals surface area contributed by atoms with Gasteiger partial charge in [-0.15, -0.1) is 11.3 Å². The fourth-order valence-corrected chi connectivity index (χ4v) is 3.50. The second-order valence-corrected chi connectivity index (χ2v) is 5.75. The van der Waals surface area contributed by atoms with Crippen LogP contribution in [0.15, 0.2) is 0 Å². The summed E-state index contributed by atoms with van der Waals surface area (Å²) in [6, 6.07) is 0. The van der Waals surface area contributed by atoms with Gasteiger partial charge >= 0.3 is 23.9 Å². The number of amides is 2. The number of carboxylic acid groups (broad SMARTS) is 2. The second-order valence-electron chi connectivity index (χ2n) is 4.64. The minimum atomic E-state index is -1.71. The van der Waals surface area contributed by atoms with Crippen molar-refractivity contribution in [3.63, 3.8) is 0 Å². The largest absolute Gasteiger partial charge is 0.478 e. The first-order chi connectivity index (χ1) is 10.8. The number of aromatic carboxylic acids is 1. The summed E-state index contributed by atoms with van der Waals surface area (Å²) in [5, 5.41) is 20.0. The number of anilines is 1. The van der Waals surface area contributed by atoms with E-state index in [-0.39, 0.29) is 36.7 Å². The van der Waals surface area contributed by atoms with Crippen molar-refractivity contribution in [2.45, 2.75) is 19.9 Å². The maximum atomic E-state index is 11.7. The molecule has 2 amide bonds. The van der Waals surface area contributed by atoms with E-state index >= 15 is 0 Å². The van der Waals surface area contributed by atoms with E-state index in [1.807, 2.05) is 0 Å². The molecule has 0 radical (unpaired) electrons. The highest BCUT2D eigenvalue weighted by molar-refractivity contribution is 7.17.